The van der Waals surface area contributed by atoms with Crippen LogP contribution in [-0.4, -0.2) is 25.4 Å². The summed E-state index contributed by atoms with van der Waals surface area (Å²) in [6.07, 6.45) is -0.893. The van der Waals surface area contributed by atoms with Crippen molar-refractivity contribution in [3.05, 3.63) is 23.8 Å². The van der Waals surface area contributed by atoms with Gasteiger partial charge in [-0.15, -0.1) is 0 Å². The fourth-order valence-corrected chi connectivity index (χ4v) is 2.87. The van der Waals surface area contributed by atoms with E-state index >= 15 is 0 Å². The third-order valence-electron chi connectivity index (χ3n) is 1.96. The van der Waals surface area contributed by atoms with E-state index in [4.69, 9.17) is 10.8 Å². The van der Waals surface area contributed by atoms with Crippen molar-refractivity contribution in [1.82, 2.24) is 0 Å². The number of aliphatic hydroxyl groups is 1. The van der Waals surface area contributed by atoms with E-state index in [0.717, 1.165) is 5.56 Å². The Kier molecular flexibility index (Phi) is 3.36. The second kappa shape index (κ2) is 4.20. The van der Waals surface area contributed by atoms with Gasteiger partial charge in [-0.2, -0.15) is 0 Å². The van der Waals surface area contributed by atoms with Crippen LogP contribution >= 0.6 is 0 Å². The third kappa shape index (κ3) is 2.94. The average Bonchev–Trinajstić information content (AvgIpc) is 1.99. The first kappa shape index (κ1) is 12.0. The molecule has 0 saturated heterocycles. The molecule has 4 nitrogen and oxygen atoms in total. The first-order valence-electron chi connectivity index (χ1n) is 4.60. The molecular weight excluding hydrogens is 214 g/mol. The molecule has 3 N–H and O–H groups in total. The Morgan fingerprint density at radius 1 is 1.47 bits per heavy atom. The Balaban J connectivity index is 3.16. The maximum absolute atomic E-state index is 11.7. The third-order valence-corrected chi connectivity index (χ3v) is 3.92. The molecule has 1 rings (SSSR count). The quantitative estimate of drug-likeness (QED) is 0.749. The molecule has 84 valence electrons. The van der Waals surface area contributed by atoms with Crippen LogP contribution in [0.1, 0.15) is 12.5 Å². The standard InChI is InChI=1S/C10H15NO3S/c1-7-3-4-10(9(11)5-7)15(13,14)6-8(2)12/h3-5,8,12H,6,11H2,1-2H3. The van der Waals surface area contributed by atoms with Crippen LogP contribution in [0.3, 0.4) is 0 Å². The van der Waals surface area contributed by atoms with E-state index < -0.39 is 15.9 Å². The monoisotopic (exact) mass is 229 g/mol. The second-order valence-electron chi connectivity index (χ2n) is 3.67. The summed E-state index contributed by atoms with van der Waals surface area (Å²) in [7, 11) is -3.48. The molecular formula is C10H15NO3S. The minimum Gasteiger partial charge on any atom is -0.398 e. The van der Waals surface area contributed by atoms with Crippen molar-refractivity contribution in [3.63, 3.8) is 0 Å². The molecule has 0 spiro atoms. The molecule has 0 bridgehead atoms. The highest BCUT2D eigenvalue weighted by molar-refractivity contribution is 7.91. The number of rotatable bonds is 3. The van der Waals surface area contributed by atoms with E-state index in [0.29, 0.717) is 0 Å². The summed E-state index contributed by atoms with van der Waals surface area (Å²) in [4.78, 5) is 0.0917. The topological polar surface area (TPSA) is 80.4 Å². The Labute approximate surface area is 89.7 Å². The molecule has 1 aromatic carbocycles. The maximum Gasteiger partial charge on any atom is 0.182 e. The van der Waals surface area contributed by atoms with Gasteiger partial charge in [0.1, 0.15) is 0 Å². The Hall–Kier alpha value is -1.07. The largest absolute Gasteiger partial charge is 0.398 e. The highest BCUT2D eigenvalue weighted by atomic mass is 32.2. The van der Waals surface area contributed by atoms with E-state index in [1.165, 1.54) is 13.0 Å². The van der Waals surface area contributed by atoms with Crippen LogP contribution in [0.4, 0.5) is 5.69 Å². The molecule has 0 aliphatic rings. The lowest BCUT2D eigenvalue weighted by Crippen LogP contribution is -2.18. The maximum atomic E-state index is 11.7. The number of hydrogen-bond acceptors (Lipinski definition) is 4. The van der Waals surface area contributed by atoms with Gasteiger partial charge in [-0.25, -0.2) is 8.42 Å². The normalized spacial score (nSPS) is 13.8. The minimum absolute atomic E-state index is 0.0917. The number of nitrogen functional groups attached to an aromatic ring is 1. The lowest BCUT2D eigenvalue weighted by molar-refractivity contribution is 0.218. The lowest BCUT2D eigenvalue weighted by atomic mass is 10.2. The summed E-state index contributed by atoms with van der Waals surface area (Å²) in [5.41, 5.74) is 6.76. The van der Waals surface area contributed by atoms with Gasteiger partial charge in [-0.05, 0) is 31.5 Å². The van der Waals surface area contributed by atoms with Gasteiger partial charge < -0.3 is 10.8 Å². The molecule has 0 fully saturated rings. The molecule has 1 unspecified atom stereocenters. The zero-order chi connectivity index (χ0) is 11.6. The number of nitrogens with two attached hydrogens (primary N) is 1. The van der Waals surface area contributed by atoms with E-state index in [-0.39, 0.29) is 16.3 Å². The summed E-state index contributed by atoms with van der Waals surface area (Å²) in [5, 5.41) is 9.07. The molecule has 0 radical (unpaired) electrons. The first-order valence-corrected chi connectivity index (χ1v) is 6.25. The van der Waals surface area contributed by atoms with Crippen LogP contribution in [0.25, 0.3) is 0 Å². The number of sulfone groups is 1. The molecule has 0 saturated carbocycles. The van der Waals surface area contributed by atoms with Crippen LogP contribution < -0.4 is 5.73 Å². The van der Waals surface area contributed by atoms with Crippen molar-refractivity contribution >= 4 is 15.5 Å². The molecule has 0 amide bonds. The van der Waals surface area contributed by atoms with E-state index in [9.17, 15) is 8.42 Å². The van der Waals surface area contributed by atoms with Crippen molar-refractivity contribution < 1.29 is 13.5 Å². The van der Waals surface area contributed by atoms with Crippen LogP contribution in [-0.2, 0) is 9.84 Å². The Morgan fingerprint density at radius 3 is 2.53 bits per heavy atom. The first-order chi connectivity index (χ1) is 6.83. The van der Waals surface area contributed by atoms with Gasteiger partial charge in [0.15, 0.2) is 9.84 Å². The van der Waals surface area contributed by atoms with Gasteiger partial charge in [-0.1, -0.05) is 6.07 Å². The number of benzene rings is 1. The zero-order valence-corrected chi connectivity index (χ0v) is 9.58. The van der Waals surface area contributed by atoms with Gasteiger partial charge in [0.2, 0.25) is 0 Å². The van der Waals surface area contributed by atoms with Gasteiger partial charge in [0.05, 0.1) is 22.4 Å². The number of aliphatic hydroxyl groups excluding tert-OH is 1. The number of anilines is 1. The number of hydrogen-bond donors (Lipinski definition) is 2. The molecule has 0 aliphatic carbocycles. The summed E-state index contributed by atoms with van der Waals surface area (Å²) >= 11 is 0. The van der Waals surface area contributed by atoms with Gasteiger partial charge >= 0.3 is 0 Å². The smallest absolute Gasteiger partial charge is 0.182 e. The Morgan fingerprint density at radius 2 is 2.07 bits per heavy atom. The van der Waals surface area contributed by atoms with Crippen LogP contribution in [0, 0.1) is 6.92 Å². The molecule has 0 heterocycles. The summed E-state index contributed by atoms with van der Waals surface area (Å²) in [6.45, 7) is 3.27. The highest BCUT2D eigenvalue weighted by Crippen LogP contribution is 2.21. The van der Waals surface area contributed by atoms with Gasteiger partial charge in [0.25, 0.3) is 0 Å². The SMILES string of the molecule is Cc1ccc(S(=O)(=O)CC(C)O)c(N)c1. The van der Waals surface area contributed by atoms with Crippen LogP contribution in [0.2, 0.25) is 0 Å². The molecule has 0 aromatic heterocycles. The molecule has 5 heteroatoms. The minimum atomic E-state index is -3.48. The average molecular weight is 229 g/mol. The highest BCUT2D eigenvalue weighted by Gasteiger charge is 2.19. The van der Waals surface area contributed by atoms with Crippen molar-refractivity contribution in [2.45, 2.75) is 24.8 Å². The number of aryl methyl sites for hydroxylation is 1. The summed E-state index contributed by atoms with van der Waals surface area (Å²) in [5.74, 6) is -0.305. The van der Waals surface area contributed by atoms with Crippen molar-refractivity contribution in [1.29, 1.82) is 0 Å². The van der Waals surface area contributed by atoms with Gasteiger partial charge in [0, 0.05) is 0 Å². The van der Waals surface area contributed by atoms with Gasteiger partial charge in [-0.3, -0.25) is 0 Å². The predicted molar refractivity (Wildman–Crippen MR) is 59.3 cm³/mol. The molecule has 1 aromatic rings. The lowest BCUT2D eigenvalue weighted by Gasteiger charge is -2.09. The van der Waals surface area contributed by atoms with Crippen LogP contribution in [0.15, 0.2) is 23.1 Å². The fraction of sp³-hybridized carbons (Fsp3) is 0.400. The Bertz CT molecular complexity index is 452. The van der Waals surface area contributed by atoms with E-state index in [2.05, 4.69) is 0 Å². The molecule has 1 atom stereocenters. The summed E-state index contributed by atoms with van der Waals surface area (Å²) < 4.78 is 23.5. The second-order valence-corrected chi connectivity index (χ2v) is 5.67. The van der Waals surface area contributed by atoms with Crippen molar-refractivity contribution in [3.8, 4) is 0 Å². The van der Waals surface area contributed by atoms with Crippen LogP contribution in [0.5, 0.6) is 0 Å². The summed E-state index contributed by atoms with van der Waals surface area (Å²) in [6, 6.07) is 4.77. The molecule has 15 heavy (non-hydrogen) atoms. The van der Waals surface area contributed by atoms with Crippen molar-refractivity contribution in [2.24, 2.45) is 0 Å². The predicted octanol–water partition coefficient (Wildman–Crippen LogP) is 0.732. The van der Waals surface area contributed by atoms with E-state index in [1.54, 1.807) is 12.1 Å². The van der Waals surface area contributed by atoms with E-state index in [1.807, 2.05) is 6.92 Å². The molecule has 0 aliphatic heterocycles. The fourth-order valence-electron chi connectivity index (χ4n) is 1.36. The van der Waals surface area contributed by atoms with Crippen molar-refractivity contribution in [2.75, 3.05) is 11.5 Å². The zero-order valence-electron chi connectivity index (χ0n) is 8.77.